The van der Waals surface area contributed by atoms with Gasteiger partial charge in [0, 0.05) is 72.7 Å². The number of amides is 1. The van der Waals surface area contributed by atoms with Gasteiger partial charge in [0.05, 0.1) is 11.0 Å². The summed E-state index contributed by atoms with van der Waals surface area (Å²) in [6.45, 7) is 3.70. The van der Waals surface area contributed by atoms with Crippen LogP contribution in [-0.4, -0.2) is 68.7 Å². The summed E-state index contributed by atoms with van der Waals surface area (Å²) in [5.41, 5.74) is 9.63. The number of anilines is 2. The van der Waals surface area contributed by atoms with Crippen molar-refractivity contribution in [3.8, 4) is 5.69 Å². The van der Waals surface area contributed by atoms with E-state index in [-0.39, 0.29) is 11.9 Å². The van der Waals surface area contributed by atoms with E-state index >= 15 is 0 Å². The van der Waals surface area contributed by atoms with Gasteiger partial charge in [0.2, 0.25) is 0 Å². The molecule has 6 aromatic rings. The standard InChI is InChI=1S/C24H23N5O.C13H16N4/c30-24(18-7-9-20(10-8-18)28-13-3-4-14-28)27-19-11-15-29(16-12-19)23-21-5-1-2-6-22(21)25-17-26-23;14-10-5-7-17(8-6-10)13-11-3-1-2-4-12(11)15-9-16-13/h1-10,13-14,17,19H,11-12,15-16H2,(H,27,30);1-4,9-10H,5-8,14H2. The van der Waals surface area contributed by atoms with Crippen molar-refractivity contribution in [2.45, 2.75) is 37.8 Å². The topological polar surface area (TPSA) is 118 Å². The van der Waals surface area contributed by atoms with Crippen LogP contribution < -0.4 is 20.9 Å². The van der Waals surface area contributed by atoms with Gasteiger partial charge in [-0.3, -0.25) is 4.79 Å². The zero-order chi connectivity index (χ0) is 32.0. The molecule has 8 rings (SSSR count). The van der Waals surface area contributed by atoms with Crippen LogP contribution in [0.15, 0.2) is 110 Å². The highest BCUT2D eigenvalue weighted by Crippen LogP contribution is 2.26. The first-order valence-corrected chi connectivity index (χ1v) is 16.3. The number of para-hydroxylation sites is 2. The van der Waals surface area contributed by atoms with Crippen molar-refractivity contribution in [2.24, 2.45) is 5.73 Å². The molecule has 0 aliphatic carbocycles. The Morgan fingerprint density at radius 2 is 1.15 bits per heavy atom. The van der Waals surface area contributed by atoms with Crippen molar-refractivity contribution in [1.29, 1.82) is 0 Å². The second-order valence-corrected chi connectivity index (χ2v) is 12.1. The van der Waals surface area contributed by atoms with Crippen molar-refractivity contribution in [3.05, 3.63) is 116 Å². The number of carbonyl (C=O) groups is 1. The quantitative estimate of drug-likeness (QED) is 0.262. The molecular weight excluding hydrogens is 586 g/mol. The third kappa shape index (κ3) is 6.92. The van der Waals surface area contributed by atoms with Gasteiger partial charge in [-0.15, -0.1) is 0 Å². The number of aromatic nitrogens is 5. The molecule has 0 unspecified atom stereocenters. The van der Waals surface area contributed by atoms with E-state index in [2.05, 4.69) is 47.2 Å². The first kappa shape index (κ1) is 30.3. The molecule has 2 aliphatic heterocycles. The van der Waals surface area contributed by atoms with E-state index in [0.717, 1.165) is 91.0 Å². The summed E-state index contributed by atoms with van der Waals surface area (Å²) in [6.07, 6.45) is 11.1. The van der Waals surface area contributed by atoms with Crippen molar-refractivity contribution in [1.82, 2.24) is 29.8 Å². The number of carbonyl (C=O) groups excluding carboxylic acids is 1. The van der Waals surface area contributed by atoms with E-state index < -0.39 is 0 Å². The lowest BCUT2D eigenvalue weighted by Crippen LogP contribution is -2.45. The highest BCUT2D eigenvalue weighted by molar-refractivity contribution is 5.94. The molecule has 0 spiro atoms. The first-order valence-electron chi connectivity index (χ1n) is 16.3. The Balaban J connectivity index is 0.000000174. The molecule has 2 saturated heterocycles. The molecule has 47 heavy (non-hydrogen) atoms. The van der Waals surface area contributed by atoms with Gasteiger partial charge in [-0.05, 0) is 86.3 Å². The van der Waals surface area contributed by atoms with E-state index in [0.29, 0.717) is 11.6 Å². The minimum atomic E-state index is -0.0139. The molecule has 3 aromatic carbocycles. The molecular formula is C37H39N9O. The molecule has 3 N–H and O–H groups in total. The molecule has 10 nitrogen and oxygen atoms in total. The Hall–Kier alpha value is -5.35. The normalized spacial score (nSPS) is 15.8. The summed E-state index contributed by atoms with van der Waals surface area (Å²) in [5.74, 6) is 2.01. The van der Waals surface area contributed by atoms with Gasteiger partial charge in [0.15, 0.2) is 0 Å². The minimum Gasteiger partial charge on any atom is -0.356 e. The largest absolute Gasteiger partial charge is 0.356 e. The van der Waals surface area contributed by atoms with Gasteiger partial charge < -0.3 is 25.4 Å². The molecule has 3 aromatic heterocycles. The minimum absolute atomic E-state index is 0.0139. The first-order chi connectivity index (χ1) is 23.1. The second kappa shape index (κ2) is 14.0. The van der Waals surface area contributed by atoms with E-state index in [4.69, 9.17) is 5.73 Å². The molecule has 10 heteroatoms. The van der Waals surface area contributed by atoms with Gasteiger partial charge in [-0.2, -0.15) is 0 Å². The summed E-state index contributed by atoms with van der Waals surface area (Å²) in [6, 6.07) is 28.4. The van der Waals surface area contributed by atoms with E-state index in [1.807, 2.05) is 89.8 Å². The van der Waals surface area contributed by atoms with Crippen LogP contribution in [0.2, 0.25) is 0 Å². The second-order valence-electron chi connectivity index (χ2n) is 12.1. The number of nitrogens with two attached hydrogens (primary N) is 1. The Labute approximate surface area is 274 Å². The van der Waals surface area contributed by atoms with Crippen LogP contribution in [0.5, 0.6) is 0 Å². The van der Waals surface area contributed by atoms with E-state index in [1.54, 1.807) is 12.7 Å². The molecule has 1 amide bonds. The molecule has 2 aliphatic rings. The van der Waals surface area contributed by atoms with Crippen LogP contribution in [0.25, 0.3) is 27.5 Å². The summed E-state index contributed by atoms with van der Waals surface area (Å²) in [5, 5.41) is 5.40. The average Bonchev–Trinajstić information content (AvgIpc) is 3.68. The third-order valence-electron chi connectivity index (χ3n) is 9.04. The van der Waals surface area contributed by atoms with Gasteiger partial charge in [0.1, 0.15) is 24.3 Å². The highest BCUT2D eigenvalue weighted by Gasteiger charge is 2.23. The van der Waals surface area contributed by atoms with Crippen molar-refractivity contribution in [3.63, 3.8) is 0 Å². The zero-order valence-corrected chi connectivity index (χ0v) is 26.3. The fraction of sp³-hybridized carbons (Fsp3) is 0.270. The van der Waals surface area contributed by atoms with Crippen LogP contribution in [0.1, 0.15) is 36.0 Å². The predicted octanol–water partition coefficient (Wildman–Crippen LogP) is 5.38. The molecule has 5 heterocycles. The number of fused-ring (bicyclic) bond motifs is 2. The molecule has 238 valence electrons. The molecule has 2 fully saturated rings. The Bertz CT molecular complexity index is 1920. The van der Waals surface area contributed by atoms with Crippen molar-refractivity contribution >= 4 is 39.3 Å². The molecule has 0 atom stereocenters. The van der Waals surface area contributed by atoms with Crippen molar-refractivity contribution in [2.75, 3.05) is 36.0 Å². The third-order valence-corrected chi connectivity index (χ3v) is 9.04. The monoisotopic (exact) mass is 625 g/mol. The maximum absolute atomic E-state index is 12.7. The number of hydrogen-bond acceptors (Lipinski definition) is 8. The van der Waals surface area contributed by atoms with E-state index in [9.17, 15) is 4.79 Å². The molecule has 0 bridgehead atoms. The van der Waals surface area contributed by atoms with Crippen molar-refractivity contribution < 1.29 is 4.79 Å². The lowest BCUT2D eigenvalue weighted by atomic mass is 10.0. The van der Waals surface area contributed by atoms with Gasteiger partial charge in [0.25, 0.3) is 5.91 Å². The van der Waals surface area contributed by atoms with E-state index in [1.165, 1.54) is 0 Å². The molecule has 0 radical (unpaired) electrons. The smallest absolute Gasteiger partial charge is 0.251 e. The van der Waals surface area contributed by atoms with Crippen LogP contribution in [0, 0.1) is 0 Å². The maximum Gasteiger partial charge on any atom is 0.251 e. The Kier molecular flexibility index (Phi) is 9.01. The van der Waals surface area contributed by atoms with Gasteiger partial charge >= 0.3 is 0 Å². The number of hydrogen-bond donors (Lipinski definition) is 2. The summed E-state index contributed by atoms with van der Waals surface area (Å²) >= 11 is 0. The summed E-state index contributed by atoms with van der Waals surface area (Å²) in [7, 11) is 0. The number of benzene rings is 3. The fourth-order valence-electron chi connectivity index (χ4n) is 6.39. The number of nitrogens with one attached hydrogen (secondary N) is 1. The Morgan fingerprint density at radius 3 is 1.70 bits per heavy atom. The fourth-order valence-corrected chi connectivity index (χ4v) is 6.39. The lowest BCUT2D eigenvalue weighted by molar-refractivity contribution is 0.0931. The van der Waals surface area contributed by atoms with Gasteiger partial charge in [-0.25, -0.2) is 19.9 Å². The SMILES string of the molecule is NC1CCN(c2ncnc3ccccc23)CC1.O=C(NC1CCN(c2ncnc3ccccc23)CC1)c1ccc(-n2cccc2)cc1. The predicted molar refractivity (Wildman–Crippen MR) is 187 cm³/mol. The Morgan fingerprint density at radius 1 is 0.638 bits per heavy atom. The highest BCUT2D eigenvalue weighted by atomic mass is 16.1. The number of piperidine rings is 2. The van der Waals surface area contributed by atoms with Crippen LogP contribution in [0.3, 0.4) is 0 Å². The number of nitrogens with zero attached hydrogens (tertiary/aromatic N) is 7. The maximum atomic E-state index is 12.7. The van der Waals surface area contributed by atoms with Crippen LogP contribution in [-0.2, 0) is 0 Å². The zero-order valence-electron chi connectivity index (χ0n) is 26.3. The van der Waals surface area contributed by atoms with Gasteiger partial charge in [-0.1, -0.05) is 24.3 Å². The molecule has 0 saturated carbocycles. The summed E-state index contributed by atoms with van der Waals surface area (Å²) < 4.78 is 2.02. The average molecular weight is 626 g/mol. The number of rotatable bonds is 5. The lowest BCUT2D eigenvalue weighted by Gasteiger charge is -2.33. The van der Waals surface area contributed by atoms with Crippen LogP contribution in [0.4, 0.5) is 11.6 Å². The summed E-state index contributed by atoms with van der Waals surface area (Å²) in [4.78, 5) is 34.9. The van der Waals surface area contributed by atoms with Crippen LogP contribution >= 0.6 is 0 Å².